The molecule has 0 aliphatic carbocycles. The Bertz CT molecular complexity index is 2020. The van der Waals surface area contributed by atoms with Crippen LogP contribution in [-0.4, -0.2) is 107 Å². The van der Waals surface area contributed by atoms with Crippen LogP contribution in [-0.2, 0) is 22.5 Å². The van der Waals surface area contributed by atoms with E-state index in [2.05, 4.69) is 63.6 Å². The number of piperazine rings is 1. The Morgan fingerprint density at radius 1 is 1.08 bits per heavy atom. The van der Waals surface area contributed by atoms with Crippen molar-refractivity contribution in [2.45, 2.75) is 44.3 Å². The molecule has 5 heterocycles. The molecule has 0 N–H and O–H groups in total. The molecular formula is C37H40ClN9O4. The second-order valence-electron chi connectivity index (χ2n) is 13.2. The average molecular weight is 710 g/mol. The molecule has 0 bridgehead atoms. The van der Waals surface area contributed by atoms with Crippen molar-refractivity contribution in [3.8, 4) is 12.1 Å². The third-order valence-electron chi connectivity index (χ3n) is 10.2. The highest BCUT2D eigenvalue weighted by Crippen LogP contribution is 2.37. The minimum atomic E-state index is -0.610. The third-order valence-corrected chi connectivity index (χ3v) is 10.5. The first kappa shape index (κ1) is 34.3. The number of nitrogens with zero attached hydrogens (tertiary/aromatic N) is 9. The highest BCUT2D eigenvalue weighted by molar-refractivity contribution is 6.36. The molecule has 1 amide bonds. The number of fused-ring (bicyclic) bond motifs is 2. The lowest BCUT2D eigenvalue weighted by Gasteiger charge is -2.42. The van der Waals surface area contributed by atoms with Gasteiger partial charge in [0.1, 0.15) is 24.4 Å². The van der Waals surface area contributed by atoms with Gasteiger partial charge in [-0.2, -0.15) is 15.2 Å². The predicted octanol–water partition coefficient (Wildman–Crippen LogP) is 4.40. The molecule has 7 rings (SSSR count). The van der Waals surface area contributed by atoms with E-state index in [1.807, 2.05) is 12.1 Å². The van der Waals surface area contributed by atoms with Crippen LogP contribution in [0.4, 0.5) is 11.5 Å². The Hall–Kier alpha value is -5.19. The largest absolute Gasteiger partial charge is 0.464 e. The van der Waals surface area contributed by atoms with E-state index in [1.54, 1.807) is 4.90 Å². The first-order valence-electron chi connectivity index (χ1n) is 17.1. The van der Waals surface area contributed by atoms with Gasteiger partial charge in [-0.1, -0.05) is 42.4 Å². The fraction of sp³-hybridized carbons (Fsp3) is 0.405. The first-order chi connectivity index (χ1) is 24.7. The number of imidazole rings is 1. The number of aromatic nitrogens is 4. The number of hydrogen-bond acceptors (Lipinski definition) is 11. The van der Waals surface area contributed by atoms with Gasteiger partial charge in [0.25, 0.3) is 5.91 Å². The minimum Gasteiger partial charge on any atom is -0.464 e. The highest BCUT2D eigenvalue weighted by Gasteiger charge is 2.35. The molecule has 0 unspecified atom stereocenters. The second-order valence-corrected chi connectivity index (χ2v) is 13.6. The Morgan fingerprint density at radius 2 is 1.90 bits per heavy atom. The zero-order valence-electron chi connectivity index (χ0n) is 28.8. The van der Waals surface area contributed by atoms with Crippen LogP contribution in [0.25, 0.3) is 16.5 Å². The van der Waals surface area contributed by atoms with Crippen molar-refractivity contribution in [2.24, 2.45) is 0 Å². The van der Waals surface area contributed by atoms with E-state index in [9.17, 15) is 14.9 Å². The van der Waals surface area contributed by atoms with Crippen LogP contribution in [0.3, 0.4) is 0 Å². The van der Waals surface area contributed by atoms with E-state index in [0.29, 0.717) is 56.3 Å². The topological polar surface area (TPSA) is 133 Å². The number of likely N-dealkylation sites (tertiary alicyclic amines) is 1. The monoisotopic (exact) mass is 709 g/mol. The van der Waals surface area contributed by atoms with E-state index < -0.39 is 12.0 Å². The van der Waals surface area contributed by atoms with E-state index in [1.165, 1.54) is 24.2 Å². The van der Waals surface area contributed by atoms with Gasteiger partial charge < -0.3 is 33.6 Å². The van der Waals surface area contributed by atoms with Gasteiger partial charge in [-0.05, 0) is 50.4 Å². The lowest BCUT2D eigenvalue weighted by molar-refractivity contribution is -0.128. The zero-order valence-corrected chi connectivity index (χ0v) is 29.6. The van der Waals surface area contributed by atoms with Gasteiger partial charge in [-0.25, -0.2) is 9.78 Å². The van der Waals surface area contributed by atoms with E-state index in [4.69, 9.17) is 31.0 Å². The van der Waals surface area contributed by atoms with Gasteiger partial charge in [0.2, 0.25) is 0 Å². The molecule has 2 saturated heterocycles. The molecule has 4 aromatic rings. The van der Waals surface area contributed by atoms with Gasteiger partial charge in [-0.15, -0.1) is 0 Å². The maximum absolute atomic E-state index is 13.8. The number of likely N-dealkylation sites (N-methyl/N-ethyl adjacent to an activating group) is 1. The molecule has 13 nitrogen and oxygen atoms in total. The number of anilines is 2. The number of amides is 1. The van der Waals surface area contributed by atoms with Crippen molar-refractivity contribution in [1.29, 1.82) is 5.26 Å². The molecular weight excluding hydrogens is 670 g/mol. The molecule has 2 aromatic heterocycles. The molecule has 14 heteroatoms. The zero-order chi connectivity index (χ0) is 35.6. The molecule has 2 atom stereocenters. The molecule has 0 saturated carbocycles. The van der Waals surface area contributed by atoms with Crippen LogP contribution in [0.2, 0.25) is 5.02 Å². The Labute approximate surface area is 301 Å². The fourth-order valence-corrected chi connectivity index (χ4v) is 7.65. The van der Waals surface area contributed by atoms with Crippen LogP contribution in [0.15, 0.2) is 55.5 Å². The van der Waals surface area contributed by atoms with Crippen LogP contribution >= 0.6 is 11.6 Å². The summed E-state index contributed by atoms with van der Waals surface area (Å²) in [7, 11) is 3.38. The number of rotatable bonds is 9. The summed E-state index contributed by atoms with van der Waals surface area (Å²) in [4.78, 5) is 48.2. The van der Waals surface area contributed by atoms with Crippen LogP contribution < -0.4 is 14.5 Å². The summed E-state index contributed by atoms with van der Waals surface area (Å²) in [6.07, 6.45) is 5.77. The SMILES string of the molecule is C=C(C(=O)N1CCN(c2nc(OC[C@@H]3CCCN3C)nc3c2CCN(c2cccc4cccc(Cl)c24)C3)C[C@@H]1CC#N)n1cnc(C(=O)OC)c1. The minimum absolute atomic E-state index is 0.0677. The lowest BCUT2D eigenvalue weighted by atomic mass is 10.0. The molecule has 3 aliphatic heterocycles. The molecule has 0 spiro atoms. The number of methoxy groups -OCH3 is 1. The van der Waals surface area contributed by atoms with Crippen molar-refractivity contribution >= 4 is 51.5 Å². The Kier molecular flexibility index (Phi) is 9.79. The van der Waals surface area contributed by atoms with Gasteiger partial charge in [0.15, 0.2) is 5.69 Å². The molecule has 2 fully saturated rings. The summed E-state index contributed by atoms with van der Waals surface area (Å²) in [5, 5.41) is 12.6. The maximum Gasteiger partial charge on any atom is 0.358 e. The summed E-state index contributed by atoms with van der Waals surface area (Å²) in [6.45, 7) is 8.01. The van der Waals surface area contributed by atoms with Crippen molar-refractivity contribution < 1.29 is 19.1 Å². The summed E-state index contributed by atoms with van der Waals surface area (Å²) < 4.78 is 12.5. The number of carbonyl (C=O) groups excluding carboxylic acids is 2. The summed E-state index contributed by atoms with van der Waals surface area (Å²) in [6, 6.07) is 14.6. The summed E-state index contributed by atoms with van der Waals surface area (Å²) in [5.41, 5.74) is 3.16. The number of esters is 1. The number of ether oxygens (including phenoxy) is 2. The number of nitriles is 1. The number of halogens is 1. The molecule has 0 radical (unpaired) electrons. The number of benzene rings is 2. The van der Waals surface area contributed by atoms with Gasteiger partial charge >= 0.3 is 12.0 Å². The molecule has 264 valence electrons. The smallest absolute Gasteiger partial charge is 0.358 e. The van der Waals surface area contributed by atoms with Gasteiger partial charge in [0.05, 0.1) is 42.9 Å². The van der Waals surface area contributed by atoms with Crippen molar-refractivity contribution in [1.82, 2.24) is 29.3 Å². The van der Waals surface area contributed by atoms with Crippen molar-refractivity contribution in [3.05, 3.63) is 77.5 Å². The molecule has 2 aromatic carbocycles. The number of hydrogen-bond donors (Lipinski definition) is 0. The maximum atomic E-state index is 13.8. The van der Waals surface area contributed by atoms with E-state index in [-0.39, 0.29) is 23.7 Å². The van der Waals surface area contributed by atoms with E-state index in [0.717, 1.165) is 59.5 Å². The van der Waals surface area contributed by atoms with Crippen molar-refractivity contribution in [2.75, 3.05) is 63.3 Å². The van der Waals surface area contributed by atoms with E-state index >= 15 is 0 Å². The summed E-state index contributed by atoms with van der Waals surface area (Å²) >= 11 is 6.73. The average Bonchev–Trinajstić information content (AvgIpc) is 3.82. The fourth-order valence-electron chi connectivity index (χ4n) is 7.37. The first-order valence-corrected chi connectivity index (χ1v) is 17.5. The Balaban J connectivity index is 1.17. The summed E-state index contributed by atoms with van der Waals surface area (Å²) in [5.74, 6) is -0.181. The molecule has 51 heavy (non-hydrogen) atoms. The number of carbonyl (C=O) groups is 2. The standard InChI is InChI=1S/C37H40ClN9O4/c1-24(46-21-31(40-23-46)36(49)50-3)35(48)47-18-17-45(19-26(47)12-14-39)34-28-13-16-44(32-11-5-8-25-7-4-10-29(38)33(25)32)20-30(28)41-37(42-34)51-22-27-9-6-15-43(27)2/h4-5,7-8,10-11,21,23,26-27H,1,6,9,12-13,15-20,22H2,2-3H3/t26-,27-/m0/s1. The third kappa shape index (κ3) is 6.81. The quantitative estimate of drug-likeness (QED) is 0.181. The van der Waals surface area contributed by atoms with Crippen LogP contribution in [0, 0.1) is 11.3 Å². The Morgan fingerprint density at radius 3 is 2.67 bits per heavy atom. The highest BCUT2D eigenvalue weighted by atomic mass is 35.5. The normalized spacial score (nSPS) is 19.1. The second kappa shape index (κ2) is 14.6. The molecule has 3 aliphatic rings. The predicted molar refractivity (Wildman–Crippen MR) is 194 cm³/mol. The van der Waals surface area contributed by atoms with Crippen LogP contribution in [0.5, 0.6) is 6.01 Å². The van der Waals surface area contributed by atoms with Crippen molar-refractivity contribution in [3.63, 3.8) is 0 Å². The lowest BCUT2D eigenvalue weighted by Crippen LogP contribution is -2.56. The van der Waals surface area contributed by atoms with Gasteiger partial charge in [-0.3, -0.25) is 4.79 Å². The van der Waals surface area contributed by atoms with Crippen LogP contribution in [0.1, 0.15) is 41.0 Å². The van der Waals surface area contributed by atoms with Gasteiger partial charge in [0, 0.05) is 55.1 Å².